The lowest BCUT2D eigenvalue weighted by atomic mass is 10.0. The quantitative estimate of drug-likeness (QED) is 0.0583. The van der Waals surface area contributed by atoms with Crippen LogP contribution in [0.3, 0.4) is 0 Å². The number of nitrogen functional groups attached to an aromatic ring is 1. The summed E-state index contributed by atoms with van der Waals surface area (Å²) >= 11 is 3.49. The van der Waals surface area contributed by atoms with E-state index in [1.54, 1.807) is 36.1 Å². The number of thioether (sulfide) groups is 1. The van der Waals surface area contributed by atoms with Gasteiger partial charge in [0, 0.05) is 95.6 Å². The number of aromatic amines is 2. The van der Waals surface area contributed by atoms with Crippen LogP contribution in [0.4, 0.5) is 11.6 Å². The lowest BCUT2D eigenvalue weighted by molar-refractivity contribution is 0.530. The van der Waals surface area contributed by atoms with Gasteiger partial charge in [0.15, 0.2) is 17.3 Å². The summed E-state index contributed by atoms with van der Waals surface area (Å²) in [6.45, 7) is 16.3. The van der Waals surface area contributed by atoms with Gasteiger partial charge < -0.3 is 20.9 Å². The predicted octanol–water partition coefficient (Wildman–Crippen LogP) is 11.5. The fourth-order valence-corrected chi connectivity index (χ4v) is 8.94. The topological polar surface area (TPSA) is 186 Å². The number of rotatable bonds is 12. The van der Waals surface area contributed by atoms with E-state index >= 15 is 0 Å². The van der Waals surface area contributed by atoms with Gasteiger partial charge in [0.2, 0.25) is 0 Å². The van der Waals surface area contributed by atoms with Crippen LogP contribution in [0.25, 0.3) is 56.0 Å². The zero-order valence-electron chi connectivity index (χ0n) is 38.0. The van der Waals surface area contributed by atoms with Gasteiger partial charge in [-0.3, -0.25) is 20.5 Å². The molecule has 0 aliphatic carbocycles. The largest absolute Gasteiger partial charge is 0.383 e. The summed E-state index contributed by atoms with van der Waals surface area (Å²) in [5.74, 6) is 3.26. The van der Waals surface area contributed by atoms with Crippen molar-refractivity contribution >= 4 is 68.5 Å². The molecule has 0 atom stereocenters. The van der Waals surface area contributed by atoms with E-state index in [0.29, 0.717) is 29.4 Å². The highest BCUT2D eigenvalue weighted by Gasteiger charge is 2.23. The molecule has 0 amide bonds. The van der Waals surface area contributed by atoms with Crippen molar-refractivity contribution < 1.29 is 0 Å². The van der Waals surface area contributed by atoms with E-state index in [1.165, 1.54) is 5.57 Å². The minimum atomic E-state index is 0.180. The van der Waals surface area contributed by atoms with Crippen molar-refractivity contribution in [2.75, 3.05) is 30.9 Å². The first-order chi connectivity index (χ1) is 32.2. The van der Waals surface area contributed by atoms with E-state index in [4.69, 9.17) is 16.1 Å². The molecule has 0 fully saturated rings. The third-order valence-corrected chi connectivity index (χ3v) is 12.3. The van der Waals surface area contributed by atoms with Gasteiger partial charge in [-0.2, -0.15) is 16.4 Å². The summed E-state index contributed by atoms with van der Waals surface area (Å²) < 4.78 is 0. The van der Waals surface area contributed by atoms with E-state index in [-0.39, 0.29) is 11.5 Å². The number of fused-ring (bicyclic) bond motifs is 2. The van der Waals surface area contributed by atoms with E-state index in [1.807, 2.05) is 106 Å². The maximum Gasteiger partial charge on any atom is 0.181 e. The van der Waals surface area contributed by atoms with Gasteiger partial charge in [0.05, 0.1) is 17.6 Å². The van der Waals surface area contributed by atoms with Crippen LogP contribution in [0, 0.1) is 12.3 Å². The Morgan fingerprint density at radius 1 is 1.00 bits per heavy atom. The monoisotopic (exact) mass is 911 g/mol. The molecule has 334 valence electrons. The number of H-pyrrole nitrogens is 2. The van der Waals surface area contributed by atoms with Crippen molar-refractivity contribution in [3.8, 4) is 33.8 Å². The first-order valence-electron chi connectivity index (χ1n) is 21.5. The standard InChI is InChI=1S/C27H30N6S.C22H17N7S.C2H6/c1-7-10-22(19-11-12-34-16-19)24-17(4)29-27(30-24)25-23-14-20(15-28-26(23)32-31-25)18(8-2)13-21(9-3)33(5)6;23-19(17-8-15(10-27-20(17)24)13-2-1-5-25-9-13)22-28-11-18-16(14-4-7-30-12-14)3-6-26-21(18)29-22;1-2/h7-10,13-16H,1,3,11-12H2,2,4-6H3,(H,29,30)(H,28,31,32);1-10,12,23H,11H2,(H2,24,27)(H,26,28,29);1-2H3/b18-8+,21-13+,22-10-;;. The van der Waals surface area contributed by atoms with Crippen LogP contribution < -0.4 is 11.1 Å². The average Bonchev–Trinajstić information content (AvgIpc) is 4.21. The molecule has 66 heavy (non-hydrogen) atoms. The van der Waals surface area contributed by atoms with Crippen molar-refractivity contribution in [1.29, 1.82) is 5.41 Å². The number of imidazole rings is 1. The second kappa shape index (κ2) is 21.5. The molecular weight excluding hydrogens is 859 g/mol. The average molecular weight is 912 g/mol. The Labute approximate surface area is 393 Å². The Balaban J connectivity index is 0.000000190. The number of amidine groups is 1. The summed E-state index contributed by atoms with van der Waals surface area (Å²) in [7, 11) is 4.01. The van der Waals surface area contributed by atoms with Crippen molar-refractivity contribution in [2.24, 2.45) is 4.99 Å². The first kappa shape index (κ1) is 46.5. The van der Waals surface area contributed by atoms with Crippen LogP contribution in [-0.2, 0) is 6.54 Å². The molecule has 13 nitrogen and oxygen atoms in total. The van der Waals surface area contributed by atoms with Crippen LogP contribution >= 0.6 is 23.1 Å². The Morgan fingerprint density at radius 2 is 1.85 bits per heavy atom. The second-order valence-electron chi connectivity index (χ2n) is 15.0. The van der Waals surface area contributed by atoms with E-state index < -0.39 is 0 Å². The molecule has 9 rings (SSSR count). The predicted molar refractivity (Wildman–Crippen MR) is 278 cm³/mol. The van der Waals surface area contributed by atoms with Crippen LogP contribution in [0.2, 0.25) is 0 Å². The number of nitrogens with two attached hydrogens (primary N) is 1. The summed E-state index contributed by atoms with van der Waals surface area (Å²) in [5.41, 5.74) is 20.7. The number of aliphatic imine (C=N–C) groups is 1. The van der Waals surface area contributed by atoms with Crippen LogP contribution in [0.15, 0.2) is 143 Å². The highest BCUT2D eigenvalue weighted by atomic mass is 32.2. The fourth-order valence-electron chi connectivity index (χ4n) is 7.38. The van der Waals surface area contributed by atoms with Gasteiger partial charge in [-0.15, -0.1) is 11.8 Å². The minimum Gasteiger partial charge on any atom is -0.383 e. The van der Waals surface area contributed by atoms with E-state index in [9.17, 15) is 0 Å². The number of hydrogen-bond acceptors (Lipinski definition) is 13. The lowest BCUT2D eigenvalue weighted by Gasteiger charge is -2.20. The number of nitrogens with one attached hydrogen (secondary N) is 4. The Bertz CT molecular complexity index is 3040. The first-order valence-corrected chi connectivity index (χ1v) is 23.5. The molecule has 7 aromatic heterocycles. The fraction of sp³-hybridized carbons (Fsp3) is 0.176. The molecule has 0 spiro atoms. The highest BCUT2D eigenvalue weighted by molar-refractivity contribution is 8.02. The SMILES string of the molecule is C=C/C=C(/C1=CSCC1)c1nc(-c2[nH]nc3ncc(C(=C/C)/C=C(\C=C)N(C)C)cc23)[nH]c1C.CC.N=C(C1=NCc2c(-c3ccsc3)ccnc2N1)c1cc(-c2cccnc2)cnc1N. The van der Waals surface area contributed by atoms with E-state index in [2.05, 4.69) is 101 Å². The third kappa shape index (κ3) is 10.1. The number of likely N-dealkylation sites (N-methyl/N-ethyl adjacent to an activating group) is 1. The van der Waals surface area contributed by atoms with Gasteiger partial charge in [0.25, 0.3) is 0 Å². The molecule has 6 N–H and O–H groups in total. The molecule has 0 radical (unpaired) electrons. The number of allylic oxidation sites excluding steroid dienone is 8. The molecule has 0 unspecified atom stereocenters. The Kier molecular flexibility index (Phi) is 15.1. The van der Waals surface area contributed by atoms with Crippen LogP contribution in [0.5, 0.6) is 0 Å². The van der Waals surface area contributed by atoms with Gasteiger partial charge in [-0.25, -0.2) is 19.9 Å². The minimum absolute atomic E-state index is 0.180. The smallest absolute Gasteiger partial charge is 0.181 e. The number of aromatic nitrogens is 8. The van der Waals surface area contributed by atoms with Gasteiger partial charge in [0.1, 0.15) is 23.0 Å². The Morgan fingerprint density at radius 3 is 2.55 bits per heavy atom. The number of anilines is 2. The second-order valence-corrected chi connectivity index (χ2v) is 16.8. The van der Waals surface area contributed by atoms with Crippen molar-refractivity contribution in [3.05, 3.63) is 166 Å². The molecule has 15 heteroatoms. The third-order valence-electron chi connectivity index (χ3n) is 10.7. The zero-order chi connectivity index (χ0) is 46.7. The number of aryl methyl sites for hydroxylation is 1. The number of thiophene rings is 1. The van der Waals surface area contributed by atoms with Gasteiger partial charge >= 0.3 is 0 Å². The molecule has 7 aromatic rings. The maximum absolute atomic E-state index is 8.70. The highest BCUT2D eigenvalue weighted by Crippen LogP contribution is 2.37. The maximum atomic E-state index is 8.70. The van der Waals surface area contributed by atoms with Crippen LogP contribution in [0.1, 0.15) is 55.3 Å². The summed E-state index contributed by atoms with van der Waals surface area (Å²) in [5, 5.41) is 26.8. The summed E-state index contributed by atoms with van der Waals surface area (Å²) in [6.07, 6.45) is 19.7. The molecule has 0 saturated heterocycles. The molecule has 0 saturated carbocycles. The van der Waals surface area contributed by atoms with Crippen molar-refractivity contribution in [1.82, 2.24) is 45.0 Å². The van der Waals surface area contributed by atoms with Crippen molar-refractivity contribution in [2.45, 2.75) is 40.7 Å². The molecule has 2 aliphatic heterocycles. The number of nitrogens with zero attached hydrogens (tertiary/aromatic N) is 8. The van der Waals surface area contributed by atoms with Gasteiger partial charge in [-0.1, -0.05) is 51.3 Å². The molecule has 0 bridgehead atoms. The molecular formula is C51H53N13S2. The van der Waals surface area contributed by atoms with Gasteiger partial charge in [-0.05, 0) is 101 Å². The van der Waals surface area contributed by atoms with Crippen LogP contribution in [-0.4, -0.2) is 76.4 Å². The van der Waals surface area contributed by atoms with E-state index in [0.717, 1.165) is 90.7 Å². The molecule has 0 aromatic carbocycles. The number of pyridine rings is 4. The zero-order valence-corrected chi connectivity index (χ0v) is 39.6. The molecule has 9 heterocycles. The summed E-state index contributed by atoms with van der Waals surface area (Å²) in [6, 6.07) is 11.8. The normalized spacial score (nSPS) is 13.6. The Hall–Kier alpha value is -7.49. The number of hydrogen-bond donors (Lipinski definition) is 5. The lowest BCUT2D eigenvalue weighted by Crippen LogP contribution is -2.28. The molecule has 2 aliphatic rings. The van der Waals surface area contributed by atoms with Crippen molar-refractivity contribution in [3.63, 3.8) is 0 Å². The summed E-state index contributed by atoms with van der Waals surface area (Å²) in [4.78, 5) is 32.6.